The van der Waals surface area contributed by atoms with E-state index in [2.05, 4.69) is 15.5 Å². The zero-order chi connectivity index (χ0) is 17.6. The zero-order valence-electron chi connectivity index (χ0n) is 14.6. The van der Waals surface area contributed by atoms with Crippen LogP contribution in [-0.2, 0) is 0 Å². The van der Waals surface area contributed by atoms with E-state index in [-0.39, 0.29) is 18.0 Å². The van der Waals surface area contributed by atoms with E-state index in [0.717, 1.165) is 57.3 Å². The molecule has 1 saturated heterocycles. The molecule has 2 aliphatic rings. The molecule has 0 bridgehead atoms. The van der Waals surface area contributed by atoms with Gasteiger partial charge in [-0.2, -0.15) is 0 Å². The molecule has 1 aromatic carbocycles. The third kappa shape index (κ3) is 5.08. The predicted molar refractivity (Wildman–Crippen MR) is 97.5 cm³/mol. The molecular weight excluding hydrogens is 321 g/mol. The Morgan fingerprint density at radius 2 is 2.00 bits per heavy atom. The minimum absolute atomic E-state index is 0.252. The molecule has 1 aromatic rings. The maximum absolute atomic E-state index is 13.7. The van der Waals surface area contributed by atoms with Gasteiger partial charge in [0.2, 0.25) is 0 Å². The van der Waals surface area contributed by atoms with Gasteiger partial charge in [-0.15, -0.1) is 0 Å². The summed E-state index contributed by atoms with van der Waals surface area (Å²) in [6.07, 6.45) is 6.81. The third-order valence-electron chi connectivity index (χ3n) is 5.21. The van der Waals surface area contributed by atoms with Crippen molar-refractivity contribution in [3.8, 4) is 0 Å². The summed E-state index contributed by atoms with van der Waals surface area (Å²) in [6.45, 7) is 2.40. The van der Waals surface area contributed by atoms with Crippen LogP contribution in [0.4, 0.5) is 20.6 Å². The maximum Gasteiger partial charge on any atom is 0.319 e. The second kappa shape index (κ2) is 8.52. The summed E-state index contributed by atoms with van der Waals surface area (Å²) < 4.78 is 13.7. The minimum Gasteiger partial charge on any atom is -0.393 e. The van der Waals surface area contributed by atoms with Gasteiger partial charge in [-0.25, -0.2) is 9.18 Å². The van der Waals surface area contributed by atoms with E-state index in [1.165, 1.54) is 18.6 Å². The number of urea groups is 1. The molecule has 1 aliphatic carbocycles. The van der Waals surface area contributed by atoms with Crippen molar-refractivity contribution in [3.05, 3.63) is 24.0 Å². The van der Waals surface area contributed by atoms with Crippen LogP contribution in [0.5, 0.6) is 0 Å². The summed E-state index contributed by atoms with van der Waals surface area (Å²) in [5.74, 6) is -0.0463. The highest BCUT2D eigenvalue weighted by atomic mass is 19.1. The molecule has 1 heterocycles. The Balaban J connectivity index is 1.59. The smallest absolute Gasteiger partial charge is 0.319 e. The summed E-state index contributed by atoms with van der Waals surface area (Å²) >= 11 is 0. The molecule has 25 heavy (non-hydrogen) atoms. The molecule has 2 fully saturated rings. The fraction of sp³-hybridized carbons (Fsp3) is 0.632. The maximum atomic E-state index is 13.7. The first-order chi connectivity index (χ1) is 12.1. The second-order valence-electron chi connectivity index (χ2n) is 7.23. The summed E-state index contributed by atoms with van der Waals surface area (Å²) in [7, 11) is 0. The van der Waals surface area contributed by atoms with Gasteiger partial charge in [-0.1, -0.05) is 6.42 Å². The number of halogens is 1. The molecule has 2 unspecified atom stereocenters. The lowest BCUT2D eigenvalue weighted by atomic mass is 9.87. The molecule has 1 saturated carbocycles. The van der Waals surface area contributed by atoms with E-state index in [1.807, 2.05) is 0 Å². The lowest BCUT2D eigenvalue weighted by Crippen LogP contribution is -2.36. The van der Waals surface area contributed by atoms with Crippen LogP contribution >= 0.6 is 0 Å². The van der Waals surface area contributed by atoms with Crippen molar-refractivity contribution < 1.29 is 14.3 Å². The Morgan fingerprint density at radius 3 is 2.76 bits per heavy atom. The molecule has 3 rings (SSSR count). The third-order valence-corrected chi connectivity index (χ3v) is 5.21. The van der Waals surface area contributed by atoms with Crippen LogP contribution in [0.3, 0.4) is 0 Å². The highest BCUT2D eigenvalue weighted by Crippen LogP contribution is 2.29. The van der Waals surface area contributed by atoms with Crippen molar-refractivity contribution in [1.29, 1.82) is 0 Å². The number of amides is 2. The van der Waals surface area contributed by atoms with Gasteiger partial charge >= 0.3 is 6.03 Å². The summed E-state index contributed by atoms with van der Waals surface area (Å²) in [6, 6.07) is 4.25. The number of aliphatic hydroxyl groups excluding tert-OH is 1. The van der Waals surface area contributed by atoms with Gasteiger partial charge in [-0.3, -0.25) is 0 Å². The van der Waals surface area contributed by atoms with Gasteiger partial charge in [0.05, 0.1) is 17.5 Å². The molecule has 2 atom stereocenters. The van der Waals surface area contributed by atoms with Crippen molar-refractivity contribution in [2.45, 2.75) is 51.0 Å². The molecule has 2 amide bonds. The van der Waals surface area contributed by atoms with Crippen LogP contribution in [0.25, 0.3) is 0 Å². The van der Waals surface area contributed by atoms with Crippen molar-refractivity contribution in [2.24, 2.45) is 5.92 Å². The Hall–Kier alpha value is -1.82. The number of nitrogens with zero attached hydrogens (tertiary/aromatic N) is 1. The molecule has 1 aliphatic heterocycles. The minimum atomic E-state index is -0.355. The van der Waals surface area contributed by atoms with E-state index in [0.29, 0.717) is 18.2 Å². The van der Waals surface area contributed by atoms with E-state index >= 15 is 0 Å². The fourth-order valence-corrected chi connectivity index (χ4v) is 3.87. The summed E-state index contributed by atoms with van der Waals surface area (Å²) in [5, 5.41) is 15.4. The lowest BCUT2D eigenvalue weighted by Gasteiger charge is -2.30. The molecule has 3 N–H and O–H groups in total. The van der Waals surface area contributed by atoms with Crippen LogP contribution in [0.2, 0.25) is 0 Å². The highest BCUT2D eigenvalue weighted by Gasteiger charge is 2.21. The van der Waals surface area contributed by atoms with Crippen molar-refractivity contribution in [2.75, 3.05) is 29.9 Å². The number of hydrogen-bond acceptors (Lipinski definition) is 3. The van der Waals surface area contributed by atoms with Gasteiger partial charge < -0.3 is 20.6 Å². The molecule has 0 radical (unpaired) electrons. The molecular formula is C19H28FN3O2. The van der Waals surface area contributed by atoms with Crippen molar-refractivity contribution in [3.63, 3.8) is 0 Å². The number of rotatable bonds is 4. The monoisotopic (exact) mass is 349 g/mol. The zero-order valence-corrected chi connectivity index (χ0v) is 14.6. The molecule has 5 nitrogen and oxygen atoms in total. The number of carbonyl (C=O) groups is 1. The molecule has 0 aromatic heterocycles. The first-order valence-corrected chi connectivity index (χ1v) is 9.39. The SMILES string of the molecule is O=C(NCC1CCCC(O)C1)Nc1cc(F)ccc1N1CCCCC1. The second-order valence-corrected chi connectivity index (χ2v) is 7.23. The predicted octanol–water partition coefficient (Wildman–Crippen LogP) is 3.49. The Morgan fingerprint density at radius 1 is 1.20 bits per heavy atom. The topological polar surface area (TPSA) is 64.6 Å². The Labute approximate surface area is 148 Å². The largest absolute Gasteiger partial charge is 0.393 e. The normalized spacial score (nSPS) is 24.0. The number of benzene rings is 1. The summed E-state index contributed by atoms with van der Waals surface area (Å²) in [5.41, 5.74) is 1.40. The number of hydrogen-bond donors (Lipinski definition) is 3. The number of nitrogens with one attached hydrogen (secondary N) is 2. The van der Waals surface area contributed by atoms with Gasteiger partial charge in [-0.05, 0) is 62.6 Å². The van der Waals surface area contributed by atoms with Crippen LogP contribution in [0.15, 0.2) is 18.2 Å². The number of piperidine rings is 1. The molecule has 138 valence electrons. The van der Waals surface area contributed by atoms with Gasteiger partial charge in [0.25, 0.3) is 0 Å². The van der Waals surface area contributed by atoms with E-state index in [1.54, 1.807) is 6.07 Å². The van der Waals surface area contributed by atoms with Gasteiger partial charge in [0.1, 0.15) is 5.82 Å². The average molecular weight is 349 g/mol. The quantitative estimate of drug-likeness (QED) is 0.780. The van der Waals surface area contributed by atoms with E-state index in [9.17, 15) is 14.3 Å². The Bertz CT molecular complexity index is 590. The average Bonchev–Trinajstić information content (AvgIpc) is 2.61. The van der Waals surface area contributed by atoms with Crippen molar-refractivity contribution >= 4 is 17.4 Å². The van der Waals surface area contributed by atoms with E-state index in [4.69, 9.17) is 0 Å². The lowest BCUT2D eigenvalue weighted by molar-refractivity contribution is 0.101. The molecule has 6 heteroatoms. The Kier molecular flexibility index (Phi) is 6.13. The van der Waals surface area contributed by atoms with Crippen LogP contribution in [0.1, 0.15) is 44.9 Å². The molecule has 0 spiro atoms. The summed E-state index contributed by atoms with van der Waals surface area (Å²) in [4.78, 5) is 14.5. The van der Waals surface area contributed by atoms with Crippen molar-refractivity contribution in [1.82, 2.24) is 5.32 Å². The van der Waals surface area contributed by atoms with E-state index < -0.39 is 0 Å². The standard InChI is InChI=1S/C19H28FN3O2/c20-15-7-8-18(23-9-2-1-3-10-23)17(12-15)22-19(25)21-13-14-5-4-6-16(24)11-14/h7-8,12,14,16,24H,1-6,9-11,13H2,(H2,21,22,25). The van der Waals surface area contributed by atoms with Gasteiger partial charge in [0, 0.05) is 19.6 Å². The number of aliphatic hydroxyl groups is 1. The highest BCUT2D eigenvalue weighted by molar-refractivity contribution is 5.93. The van der Waals surface area contributed by atoms with Crippen LogP contribution < -0.4 is 15.5 Å². The van der Waals surface area contributed by atoms with Crippen LogP contribution in [-0.4, -0.2) is 36.9 Å². The number of anilines is 2. The first-order valence-electron chi connectivity index (χ1n) is 9.39. The first kappa shape index (κ1) is 18.0. The van der Waals surface area contributed by atoms with Gasteiger partial charge in [0.15, 0.2) is 0 Å². The van der Waals surface area contributed by atoms with Crippen LogP contribution in [0, 0.1) is 11.7 Å². The fourth-order valence-electron chi connectivity index (χ4n) is 3.87. The number of carbonyl (C=O) groups excluding carboxylic acids is 1.